The molecular formula is C26H29FN2O5. The number of hydrogen-bond donors (Lipinski definition) is 1. The van der Waals surface area contributed by atoms with Crippen LogP contribution in [0.3, 0.4) is 0 Å². The fourth-order valence-corrected chi connectivity index (χ4v) is 4.96. The van der Waals surface area contributed by atoms with Crippen LogP contribution in [0.4, 0.5) is 10.1 Å². The SMILES string of the molecule is CCOC(=O)COc1cccc(NC(=O)[C@@H]2C[C@@H]3CCCC[C@@H]3N2C(=O)c2ccc(F)cc2)c1. The highest BCUT2D eigenvalue weighted by Gasteiger charge is 2.47. The Morgan fingerprint density at radius 1 is 1.09 bits per heavy atom. The molecule has 2 amide bonds. The zero-order chi connectivity index (χ0) is 24.1. The lowest BCUT2D eigenvalue weighted by Crippen LogP contribution is -2.47. The topological polar surface area (TPSA) is 84.9 Å². The van der Waals surface area contributed by atoms with Gasteiger partial charge in [-0.15, -0.1) is 0 Å². The molecule has 0 radical (unpaired) electrons. The lowest BCUT2D eigenvalue weighted by Gasteiger charge is -2.33. The van der Waals surface area contributed by atoms with Gasteiger partial charge < -0.3 is 19.7 Å². The number of halogens is 1. The van der Waals surface area contributed by atoms with Crippen molar-refractivity contribution in [3.05, 3.63) is 59.9 Å². The molecule has 180 valence electrons. The fraction of sp³-hybridized carbons (Fsp3) is 0.423. The molecule has 1 saturated heterocycles. The molecule has 0 spiro atoms. The van der Waals surface area contributed by atoms with Gasteiger partial charge in [0.05, 0.1) is 6.61 Å². The fourth-order valence-electron chi connectivity index (χ4n) is 4.96. The van der Waals surface area contributed by atoms with E-state index >= 15 is 0 Å². The van der Waals surface area contributed by atoms with Crippen molar-refractivity contribution in [2.24, 2.45) is 5.92 Å². The summed E-state index contributed by atoms with van der Waals surface area (Å²) < 4.78 is 23.7. The zero-order valence-electron chi connectivity index (χ0n) is 19.2. The number of carbonyl (C=O) groups is 3. The maximum atomic E-state index is 13.4. The number of carbonyl (C=O) groups excluding carboxylic acids is 3. The molecule has 8 heteroatoms. The summed E-state index contributed by atoms with van der Waals surface area (Å²) in [4.78, 5) is 40.0. The van der Waals surface area contributed by atoms with E-state index in [1.165, 1.54) is 24.3 Å². The Kier molecular flexibility index (Phi) is 7.45. The largest absolute Gasteiger partial charge is 0.482 e. The van der Waals surface area contributed by atoms with Gasteiger partial charge in [0.2, 0.25) is 5.91 Å². The van der Waals surface area contributed by atoms with E-state index < -0.39 is 17.8 Å². The predicted octanol–water partition coefficient (Wildman–Crippen LogP) is 4.18. The van der Waals surface area contributed by atoms with Crippen molar-refractivity contribution in [2.45, 2.75) is 51.1 Å². The second-order valence-electron chi connectivity index (χ2n) is 8.69. The molecule has 4 rings (SSSR count). The molecular weight excluding hydrogens is 439 g/mol. The highest BCUT2D eigenvalue weighted by molar-refractivity contribution is 6.02. The smallest absolute Gasteiger partial charge is 0.344 e. The number of likely N-dealkylation sites (tertiary alicyclic amines) is 1. The van der Waals surface area contributed by atoms with Crippen molar-refractivity contribution >= 4 is 23.5 Å². The Morgan fingerprint density at radius 3 is 2.62 bits per heavy atom. The van der Waals surface area contributed by atoms with E-state index in [1.54, 1.807) is 36.1 Å². The average molecular weight is 469 g/mol. The van der Waals surface area contributed by atoms with E-state index in [-0.39, 0.29) is 37.0 Å². The Hall–Kier alpha value is -3.42. The van der Waals surface area contributed by atoms with Gasteiger partial charge in [-0.3, -0.25) is 9.59 Å². The minimum atomic E-state index is -0.616. The molecule has 1 heterocycles. The van der Waals surface area contributed by atoms with E-state index in [2.05, 4.69) is 5.32 Å². The van der Waals surface area contributed by atoms with E-state index in [1.807, 2.05) is 0 Å². The Bertz CT molecular complexity index is 1040. The number of benzene rings is 2. The third kappa shape index (κ3) is 5.38. The van der Waals surface area contributed by atoms with E-state index in [0.29, 0.717) is 23.4 Å². The van der Waals surface area contributed by atoms with Gasteiger partial charge in [-0.05, 0) is 68.5 Å². The molecule has 3 atom stereocenters. The van der Waals surface area contributed by atoms with Crippen LogP contribution >= 0.6 is 0 Å². The first-order chi connectivity index (χ1) is 16.5. The van der Waals surface area contributed by atoms with Crippen LogP contribution in [-0.4, -0.2) is 48.0 Å². The van der Waals surface area contributed by atoms with Gasteiger partial charge in [0, 0.05) is 23.4 Å². The molecule has 1 aliphatic carbocycles. The normalized spacial score (nSPS) is 21.5. The average Bonchev–Trinajstić information content (AvgIpc) is 3.23. The molecule has 1 aliphatic heterocycles. The molecule has 2 aliphatic rings. The van der Waals surface area contributed by atoms with Crippen molar-refractivity contribution in [1.82, 2.24) is 4.90 Å². The molecule has 0 aromatic heterocycles. The molecule has 7 nitrogen and oxygen atoms in total. The maximum Gasteiger partial charge on any atom is 0.344 e. The van der Waals surface area contributed by atoms with Crippen molar-refractivity contribution < 1.29 is 28.2 Å². The Morgan fingerprint density at radius 2 is 1.85 bits per heavy atom. The third-order valence-electron chi connectivity index (χ3n) is 6.48. The summed E-state index contributed by atoms with van der Waals surface area (Å²) in [5.41, 5.74) is 0.884. The summed E-state index contributed by atoms with van der Waals surface area (Å²) in [6.07, 6.45) is 4.55. The zero-order valence-corrected chi connectivity index (χ0v) is 19.2. The van der Waals surface area contributed by atoms with E-state index in [0.717, 1.165) is 25.7 Å². The van der Waals surface area contributed by atoms with E-state index in [4.69, 9.17) is 9.47 Å². The Balaban J connectivity index is 1.49. The number of esters is 1. The van der Waals surface area contributed by atoms with Crippen LogP contribution in [0, 0.1) is 11.7 Å². The molecule has 0 bridgehead atoms. The van der Waals surface area contributed by atoms with Crippen molar-refractivity contribution in [3.8, 4) is 5.75 Å². The highest BCUT2D eigenvalue weighted by Crippen LogP contribution is 2.41. The van der Waals surface area contributed by atoms with Crippen molar-refractivity contribution in [1.29, 1.82) is 0 Å². The second kappa shape index (κ2) is 10.7. The van der Waals surface area contributed by atoms with Gasteiger partial charge in [0.25, 0.3) is 5.91 Å². The number of anilines is 1. The molecule has 1 N–H and O–H groups in total. The van der Waals surface area contributed by atoms with Gasteiger partial charge in [-0.1, -0.05) is 18.9 Å². The van der Waals surface area contributed by atoms with E-state index in [9.17, 15) is 18.8 Å². The standard InChI is InChI=1S/C26H29FN2O5/c1-2-33-24(30)16-34-21-8-5-7-20(15-21)28-25(31)23-14-18-6-3-4-9-22(18)29(23)26(32)17-10-12-19(27)13-11-17/h5,7-8,10-13,15,18,22-23H,2-4,6,9,14,16H2,1H3,(H,28,31)/t18-,22-,23-/m0/s1. The molecule has 34 heavy (non-hydrogen) atoms. The number of fused-ring (bicyclic) bond motifs is 1. The second-order valence-corrected chi connectivity index (χ2v) is 8.69. The molecule has 0 unspecified atom stereocenters. The summed E-state index contributed by atoms with van der Waals surface area (Å²) in [5.74, 6) is -0.708. The lowest BCUT2D eigenvalue weighted by atomic mass is 9.84. The van der Waals surface area contributed by atoms with Crippen LogP contribution < -0.4 is 10.1 Å². The summed E-state index contributed by atoms with van der Waals surface area (Å²) in [6.45, 7) is 1.77. The number of hydrogen-bond acceptors (Lipinski definition) is 5. The Labute approximate surface area is 198 Å². The number of amides is 2. The first-order valence-electron chi connectivity index (χ1n) is 11.7. The molecule has 2 aromatic carbocycles. The molecule has 1 saturated carbocycles. The van der Waals surface area contributed by atoms with Crippen LogP contribution in [0.2, 0.25) is 0 Å². The van der Waals surface area contributed by atoms with Gasteiger partial charge >= 0.3 is 5.97 Å². The quantitative estimate of drug-likeness (QED) is 0.617. The number of ether oxygens (including phenoxy) is 2. The van der Waals surface area contributed by atoms with Crippen molar-refractivity contribution in [3.63, 3.8) is 0 Å². The number of rotatable bonds is 7. The van der Waals surface area contributed by atoms with Crippen LogP contribution in [0.15, 0.2) is 48.5 Å². The van der Waals surface area contributed by atoms with Crippen LogP contribution in [0.1, 0.15) is 49.4 Å². The van der Waals surface area contributed by atoms with Crippen LogP contribution in [0.25, 0.3) is 0 Å². The summed E-state index contributed by atoms with van der Waals surface area (Å²) >= 11 is 0. The summed E-state index contributed by atoms with van der Waals surface area (Å²) in [6, 6.07) is 11.6. The maximum absolute atomic E-state index is 13.4. The highest BCUT2D eigenvalue weighted by atomic mass is 19.1. The number of nitrogens with one attached hydrogen (secondary N) is 1. The third-order valence-corrected chi connectivity index (χ3v) is 6.48. The van der Waals surface area contributed by atoms with Gasteiger partial charge in [0.1, 0.15) is 17.6 Å². The predicted molar refractivity (Wildman–Crippen MR) is 124 cm³/mol. The van der Waals surface area contributed by atoms with Crippen LogP contribution in [0.5, 0.6) is 5.75 Å². The van der Waals surface area contributed by atoms with Gasteiger partial charge in [0.15, 0.2) is 6.61 Å². The minimum Gasteiger partial charge on any atom is -0.482 e. The summed E-state index contributed by atoms with van der Waals surface area (Å²) in [5, 5.41) is 2.90. The first kappa shape index (κ1) is 23.7. The monoisotopic (exact) mass is 468 g/mol. The van der Waals surface area contributed by atoms with Crippen LogP contribution in [-0.2, 0) is 14.3 Å². The van der Waals surface area contributed by atoms with Gasteiger partial charge in [-0.2, -0.15) is 0 Å². The minimum absolute atomic E-state index is 0.00120. The molecule has 2 fully saturated rings. The van der Waals surface area contributed by atoms with Crippen molar-refractivity contribution in [2.75, 3.05) is 18.5 Å². The lowest BCUT2D eigenvalue weighted by molar-refractivity contribution is -0.145. The first-order valence-corrected chi connectivity index (χ1v) is 11.7. The summed E-state index contributed by atoms with van der Waals surface area (Å²) in [7, 11) is 0. The number of nitrogens with zero attached hydrogens (tertiary/aromatic N) is 1. The van der Waals surface area contributed by atoms with Gasteiger partial charge in [-0.25, -0.2) is 9.18 Å². The molecule has 2 aromatic rings.